The first kappa shape index (κ1) is 24.5. The second-order valence-corrected chi connectivity index (χ2v) is 10.0. The third-order valence-electron chi connectivity index (χ3n) is 7.70. The van der Waals surface area contributed by atoms with Crippen LogP contribution >= 0.6 is 0 Å². The normalized spacial score (nSPS) is 17.6. The van der Waals surface area contributed by atoms with E-state index in [4.69, 9.17) is 4.74 Å². The second kappa shape index (κ2) is 10.5. The SMILES string of the molecule is CCOc1ccc2[nH]c(=O)c([C@H](c3nnnn3C3CCCC3)N3CC=C(c4ccc(F)cc4)CC3)cc2c1. The lowest BCUT2D eigenvalue weighted by molar-refractivity contribution is 0.229. The number of aromatic amines is 1. The highest BCUT2D eigenvalue weighted by Crippen LogP contribution is 2.36. The number of pyridine rings is 1. The van der Waals surface area contributed by atoms with Gasteiger partial charge in [-0.2, -0.15) is 0 Å². The van der Waals surface area contributed by atoms with Gasteiger partial charge in [0.15, 0.2) is 5.82 Å². The minimum Gasteiger partial charge on any atom is -0.494 e. The summed E-state index contributed by atoms with van der Waals surface area (Å²) in [5.41, 5.74) is 3.41. The van der Waals surface area contributed by atoms with E-state index < -0.39 is 6.04 Å². The van der Waals surface area contributed by atoms with Crippen LogP contribution in [0.2, 0.25) is 0 Å². The average Bonchev–Trinajstić information content (AvgIpc) is 3.63. The molecule has 0 saturated heterocycles. The summed E-state index contributed by atoms with van der Waals surface area (Å²) in [4.78, 5) is 18.9. The van der Waals surface area contributed by atoms with Crippen LogP contribution in [0.15, 0.2) is 59.4 Å². The largest absolute Gasteiger partial charge is 0.494 e. The molecule has 1 atom stereocenters. The van der Waals surface area contributed by atoms with Crippen molar-refractivity contribution in [3.63, 3.8) is 0 Å². The Balaban J connectivity index is 1.42. The number of fused-ring (bicyclic) bond motifs is 1. The van der Waals surface area contributed by atoms with Gasteiger partial charge in [0.05, 0.1) is 12.6 Å². The summed E-state index contributed by atoms with van der Waals surface area (Å²) in [5.74, 6) is 1.21. The van der Waals surface area contributed by atoms with Crippen LogP contribution in [0.1, 0.15) is 68.1 Å². The van der Waals surface area contributed by atoms with Crippen molar-refractivity contribution in [1.29, 1.82) is 0 Å². The number of nitrogens with one attached hydrogen (secondary N) is 1. The summed E-state index contributed by atoms with van der Waals surface area (Å²) >= 11 is 0. The van der Waals surface area contributed by atoms with Gasteiger partial charge in [0.2, 0.25) is 0 Å². The number of H-pyrrole nitrogens is 1. The molecule has 1 aliphatic heterocycles. The molecular formula is C29H31FN6O2. The van der Waals surface area contributed by atoms with Gasteiger partial charge in [-0.15, -0.1) is 5.10 Å². The molecule has 2 aliphatic rings. The minimum atomic E-state index is -0.416. The first-order valence-electron chi connectivity index (χ1n) is 13.4. The number of benzene rings is 2. The van der Waals surface area contributed by atoms with Gasteiger partial charge in [-0.1, -0.05) is 31.1 Å². The van der Waals surface area contributed by atoms with Crippen molar-refractivity contribution in [2.45, 2.75) is 51.1 Å². The van der Waals surface area contributed by atoms with E-state index in [0.29, 0.717) is 31.1 Å². The Morgan fingerprint density at radius 2 is 1.95 bits per heavy atom. The summed E-state index contributed by atoms with van der Waals surface area (Å²) in [7, 11) is 0. The van der Waals surface area contributed by atoms with Crippen molar-refractivity contribution >= 4 is 16.5 Å². The van der Waals surface area contributed by atoms with E-state index in [-0.39, 0.29) is 17.4 Å². The van der Waals surface area contributed by atoms with Crippen molar-refractivity contribution in [3.05, 3.63) is 87.7 Å². The molecular weight excluding hydrogens is 483 g/mol. The lowest BCUT2D eigenvalue weighted by Crippen LogP contribution is -2.38. The minimum absolute atomic E-state index is 0.152. The lowest BCUT2D eigenvalue weighted by Gasteiger charge is -2.33. The van der Waals surface area contributed by atoms with Gasteiger partial charge in [0.1, 0.15) is 17.6 Å². The summed E-state index contributed by atoms with van der Waals surface area (Å²) in [6.07, 6.45) is 7.30. The van der Waals surface area contributed by atoms with E-state index in [1.807, 2.05) is 48.0 Å². The zero-order chi connectivity index (χ0) is 26.1. The average molecular weight is 515 g/mol. The van der Waals surface area contributed by atoms with E-state index in [0.717, 1.165) is 54.3 Å². The molecule has 0 unspecified atom stereocenters. The summed E-state index contributed by atoms with van der Waals surface area (Å²) < 4.78 is 21.1. The fourth-order valence-corrected chi connectivity index (χ4v) is 5.80. The van der Waals surface area contributed by atoms with Crippen LogP contribution in [0.3, 0.4) is 0 Å². The summed E-state index contributed by atoms with van der Waals surface area (Å²) in [6.45, 7) is 3.84. The molecule has 0 bridgehead atoms. The van der Waals surface area contributed by atoms with Gasteiger partial charge in [0, 0.05) is 29.6 Å². The molecule has 3 heterocycles. The topological polar surface area (TPSA) is 88.9 Å². The number of halogens is 1. The second-order valence-electron chi connectivity index (χ2n) is 10.0. The number of tetrazole rings is 1. The zero-order valence-electron chi connectivity index (χ0n) is 21.4. The van der Waals surface area contributed by atoms with Gasteiger partial charge in [0.25, 0.3) is 5.56 Å². The van der Waals surface area contributed by atoms with E-state index >= 15 is 0 Å². The first-order valence-corrected chi connectivity index (χ1v) is 13.4. The highest BCUT2D eigenvalue weighted by atomic mass is 19.1. The standard InChI is InChI=1S/C29H31FN6O2/c1-2-38-24-11-12-26-21(17-24)18-25(29(37)31-26)27(28-32-33-34-36(28)23-5-3-4-6-23)35-15-13-20(14-16-35)19-7-9-22(30)10-8-19/h7-13,17-18,23,27H,2-6,14-16H2,1H3,(H,31,37)/t27-/m1/s1. The molecule has 8 nitrogen and oxygen atoms in total. The number of hydrogen-bond acceptors (Lipinski definition) is 6. The Labute approximate surface area is 220 Å². The highest BCUT2D eigenvalue weighted by molar-refractivity contribution is 5.80. The third-order valence-corrected chi connectivity index (χ3v) is 7.70. The molecule has 196 valence electrons. The number of aromatic nitrogens is 5. The molecule has 1 aliphatic carbocycles. The lowest BCUT2D eigenvalue weighted by atomic mass is 9.96. The van der Waals surface area contributed by atoms with E-state index in [2.05, 4.69) is 31.5 Å². The van der Waals surface area contributed by atoms with Gasteiger partial charge < -0.3 is 9.72 Å². The van der Waals surface area contributed by atoms with Gasteiger partial charge in [-0.05, 0) is 84.1 Å². The number of nitrogens with zero attached hydrogens (tertiary/aromatic N) is 5. The monoisotopic (exact) mass is 514 g/mol. The van der Waals surface area contributed by atoms with E-state index in [1.54, 1.807) is 0 Å². The molecule has 1 N–H and O–H groups in total. The maximum atomic E-state index is 13.5. The molecule has 2 aromatic carbocycles. The number of hydrogen-bond donors (Lipinski definition) is 1. The van der Waals surface area contributed by atoms with Crippen LogP contribution in [0.4, 0.5) is 4.39 Å². The van der Waals surface area contributed by atoms with Crippen LogP contribution in [-0.4, -0.2) is 49.8 Å². The van der Waals surface area contributed by atoms with Crippen molar-refractivity contribution in [2.24, 2.45) is 0 Å². The van der Waals surface area contributed by atoms with Crippen LogP contribution in [-0.2, 0) is 0 Å². The van der Waals surface area contributed by atoms with Gasteiger partial charge in [-0.3, -0.25) is 9.69 Å². The van der Waals surface area contributed by atoms with Crippen LogP contribution in [0.5, 0.6) is 5.75 Å². The molecule has 1 fully saturated rings. The molecule has 1 saturated carbocycles. The van der Waals surface area contributed by atoms with Crippen LogP contribution in [0, 0.1) is 5.82 Å². The zero-order valence-corrected chi connectivity index (χ0v) is 21.4. The molecule has 2 aromatic heterocycles. The van der Waals surface area contributed by atoms with Gasteiger partial charge in [-0.25, -0.2) is 9.07 Å². The molecule has 9 heteroatoms. The molecule has 6 rings (SSSR count). The Morgan fingerprint density at radius 3 is 2.68 bits per heavy atom. The number of ether oxygens (including phenoxy) is 1. The van der Waals surface area contributed by atoms with Crippen molar-refractivity contribution in [2.75, 3.05) is 19.7 Å². The van der Waals surface area contributed by atoms with Crippen molar-refractivity contribution in [1.82, 2.24) is 30.1 Å². The van der Waals surface area contributed by atoms with Crippen molar-refractivity contribution in [3.8, 4) is 5.75 Å². The van der Waals surface area contributed by atoms with Crippen molar-refractivity contribution < 1.29 is 9.13 Å². The third kappa shape index (κ3) is 4.74. The Bertz CT molecular complexity index is 1520. The number of rotatable bonds is 7. The molecule has 0 spiro atoms. The highest BCUT2D eigenvalue weighted by Gasteiger charge is 2.34. The fourth-order valence-electron chi connectivity index (χ4n) is 5.80. The Morgan fingerprint density at radius 1 is 1.13 bits per heavy atom. The predicted molar refractivity (Wildman–Crippen MR) is 143 cm³/mol. The Kier molecular flexibility index (Phi) is 6.76. The predicted octanol–water partition coefficient (Wildman–Crippen LogP) is 5.05. The maximum Gasteiger partial charge on any atom is 0.253 e. The van der Waals surface area contributed by atoms with E-state index in [1.165, 1.54) is 17.7 Å². The van der Waals surface area contributed by atoms with Gasteiger partial charge >= 0.3 is 0 Å². The smallest absolute Gasteiger partial charge is 0.253 e. The summed E-state index contributed by atoms with van der Waals surface area (Å²) in [6, 6.07) is 14.1. The fraction of sp³-hybridized carbons (Fsp3) is 0.379. The van der Waals surface area contributed by atoms with Crippen LogP contribution in [0.25, 0.3) is 16.5 Å². The molecule has 38 heavy (non-hydrogen) atoms. The maximum absolute atomic E-state index is 13.5. The molecule has 0 radical (unpaired) electrons. The Hall–Kier alpha value is -3.85. The quantitative estimate of drug-likeness (QED) is 0.372. The van der Waals surface area contributed by atoms with E-state index in [9.17, 15) is 9.18 Å². The summed E-state index contributed by atoms with van der Waals surface area (Å²) in [5, 5.41) is 13.8. The van der Waals surface area contributed by atoms with Crippen LogP contribution < -0.4 is 10.3 Å². The molecule has 4 aromatic rings. The first-order chi connectivity index (χ1) is 18.6. The molecule has 0 amide bonds.